The summed E-state index contributed by atoms with van der Waals surface area (Å²) >= 11 is 0. The van der Waals surface area contributed by atoms with Gasteiger partial charge in [0.1, 0.15) is 29.7 Å². The van der Waals surface area contributed by atoms with Crippen LogP contribution in [0.25, 0.3) is 0 Å². The molecule has 3 rings (SSSR count). The number of nitrogens with two attached hydrogens (primary N) is 1. The van der Waals surface area contributed by atoms with Crippen molar-refractivity contribution in [1.29, 1.82) is 0 Å². The summed E-state index contributed by atoms with van der Waals surface area (Å²) in [6.45, 7) is 1.41. The Kier molecular flexibility index (Phi) is 3.26. The van der Waals surface area contributed by atoms with E-state index in [2.05, 4.69) is 9.98 Å². The monoisotopic (exact) mass is 297 g/mol. The number of hydrogen-bond acceptors (Lipinski definition) is 8. The van der Waals surface area contributed by atoms with Crippen LogP contribution in [0.4, 0.5) is 5.82 Å². The highest BCUT2D eigenvalue weighted by Gasteiger charge is 2.45. The molecule has 1 aromatic heterocycles. The van der Waals surface area contributed by atoms with E-state index in [9.17, 15) is 10.2 Å². The summed E-state index contributed by atoms with van der Waals surface area (Å²) in [6, 6.07) is 0. The first kappa shape index (κ1) is 14.4. The van der Waals surface area contributed by atoms with Crippen LogP contribution in [0.5, 0.6) is 0 Å². The second-order valence-corrected chi connectivity index (χ2v) is 5.56. The molecule has 0 spiro atoms. The number of ether oxygens (including phenoxy) is 1. The van der Waals surface area contributed by atoms with Gasteiger partial charge in [0, 0.05) is 7.05 Å². The molecule has 21 heavy (non-hydrogen) atoms. The van der Waals surface area contributed by atoms with Crippen LogP contribution in [0.2, 0.25) is 0 Å². The van der Waals surface area contributed by atoms with Gasteiger partial charge in [-0.15, -0.1) is 0 Å². The van der Waals surface area contributed by atoms with Crippen LogP contribution in [-0.2, 0) is 10.4 Å². The van der Waals surface area contributed by atoms with Crippen molar-refractivity contribution in [1.82, 2.24) is 14.5 Å². The SMILES string of the molecule is CN1C=Nc2c(ncn2[C@@H]2O[C@H](CO)[C@@H](O)[C@H]2O)C1(C)N. The molecule has 2 aliphatic heterocycles. The van der Waals surface area contributed by atoms with E-state index < -0.39 is 30.2 Å². The average molecular weight is 297 g/mol. The number of imidazole rings is 1. The van der Waals surface area contributed by atoms with Crippen molar-refractivity contribution in [2.45, 2.75) is 37.1 Å². The van der Waals surface area contributed by atoms with Crippen molar-refractivity contribution in [3.05, 3.63) is 12.0 Å². The van der Waals surface area contributed by atoms with E-state index in [0.717, 1.165) is 0 Å². The molecule has 0 bridgehead atoms. The average Bonchev–Trinajstić information content (AvgIpc) is 2.99. The number of nitrogens with zero attached hydrogens (tertiary/aromatic N) is 4. The van der Waals surface area contributed by atoms with Gasteiger partial charge < -0.3 is 30.7 Å². The molecule has 9 nitrogen and oxygen atoms in total. The van der Waals surface area contributed by atoms with Crippen LogP contribution in [-0.4, -0.2) is 68.1 Å². The Morgan fingerprint density at radius 1 is 1.43 bits per heavy atom. The summed E-state index contributed by atoms with van der Waals surface area (Å²) in [5.41, 5.74) is 5.94. The van der Waals surface area contributed by atoms with E-state index >= 15 is 0 Å². The molecule has 1 unspecified atom stereocenters. The van der Waals surface area contributed by atoms with Gasteiger partial charge in [-0.2, -0.15) is 0 Å². The maximum atomic E-state index is 10.1. The highest BCUT2D eigenvalue weighted by atomic mass is 16.6. The van der Waals surface area contributed by atoms with Crippen molar-refractivity contribution < 1.29 is 20.1 Å². The third-order valence-corrected chi connectivity index (χ3v) is 4.12. The fourth-order valence-electron chi connectivity index (χ4n) is 2.56. The number of aliphatic hydroxyl groups is 3. The summed E-state index contributed by atoms with van der Waals surface area (Å²) in [6.07, 6.45) is -1.03. The molecule has 0 aromatic carbocycles. The number of aliphatic imine (C=N–C) groups is 1. The third kappa shape index (κ3) is 1.97. The molecule has 1 aromatic rings. The first-order chi connectivity index (χ1) is 9.87. The van der Waals surface area contributed by atoms with Crippen LogP contribution in [0.15, 0.2) is 11.3 Å². The fourth-order valence-corrected chi connectivity index (χ4v) is 2.56. The molecular formula is C12H19N5O4. The van der Waals surface area contributed by atoms with Crippen molar-refractivity contribution in [3.8, 4) is 0 Å². The van der Waals surface area contributed by atoms with E-state index in [1.165, 1.54) is 10.9 Å². The number of aromatic nitrogens is 2. The first-order valence-electron chi connectivity index (χ1n) is 6.63. The molecule has 5 N–H and O–H groups in total. The summed E-state index contributed by atoms with van der Waals surface area (Å²) in [5, 5.41) is 29.1. The van der Waals surface area contributed by atoms with E-state index in [0.29, 0.717) is 11.5 Å². The van der Waals surface area contributed by atoms with Crippen LogP contribution in [0, 0.1) is 0 Å². The van der Waals surface area contributed by atoms with Crippen molar-refractivity contribution in [3.63, 3.8) is 0 Å². The molecule has 2 aliphatic rings. The number of fused-ring (bicyclic) bond motifs is 1. The van der Waals surface area contributed by atoms with Gasteiger partial charge in [-0.3, -0.25) is 4.57 Å². The molecule has 0 saturated carbocycles. The zero-order valence-electron chi connectivity index (χ0n) is 11.8. The van der Waals surface area contributed by atoms with Gasteiger partial charge in [0.15, 0.2) is 12.0 Å². The Bertz CT molecular complexity index is 572. The van der Waals surface area contributed by atoms with Gasteiger partial charge in [0.2, 0.25) is 0 Å². The molecule has 0 amide bonds. The lowest BCUT2D eigenvalue weighted by atomic mass is 10.1. The second-order valence-electron chi connectivity index (χ2n) is 5.56. The number of hydrogen-bond donors (Lipinski definition) is 4. The molecule has 1 saturated heterocycles. The minimum absolute atomic E-state index is 0.383. The Morgan fingerprint density at radius 2 is 2.14 bits per heavy atom. The quantitative estimate of drug-likeness (QED) is 0.508. The lowest BCUT2D eigenvalue weighted by molar-refractivity contribution is -0.0520. The zero-order valence-corrected chi connectivity index (χ0v) is 11.8. The predicted molar refractivity (Wildman–Crippen MR) is 72.7 cm³/mol. The predicted octanol–water partition coefficient (Wildman–Crippen LogP) is -1.77. The van der Waals surface area contributed by atoms with E-state index in [4.69, 9.17) is 15.6 Å². The highest BCUT2D eigenvalue weighted by Crippen LogP contribution is 2.38. The fraction of sp³-hybridized carbons (Fsp3) is 0.667. The van der Waals surface area contributed by atoms with Crippen LogP contribution in [0.1, 0.15) is 18.8 Å². The highest BCUT2D eigenvalue weighted by molar-refractivity contribution is 5.66. The van der Waals surface area contributed by atoms with Gasteiger partial charge in [-0.05, 0) is 6.92 Å². The van der Waals surface area contributed by atoms with Gasteiger partial charge >= 0.3 is 0 Å². The minimum Gasteiger partial charge on any atom is -0.394 e. The Hall–Kier alpha value is -1.52. The van der Waals surface area contributed by atoms with Gasteiger partial charge in [0.05, 0.1) is 19.3 Å². The number of rotatable bonds is 2. The van der Waals surface area contributed by atoms with Crippen LogP contribution < -0.4 is 5.73 Å². The lowest BCUT2D eigenvalue weighted by Gasteiger charge is -2.35. The van der Waals surface area contributed by atoms with Gasteiger partial charge in [-0.1, -0.05) is 0 Å². The minimum atomic E-state index is -1.18. The maximum absolute atomic E-state index is 10.1. The van der Waals surface area contributed by atoms with E-state index in [1.807, 2.05) is 0 Å². The molecule has 1 fully saturated rings. The topological polar surface area (TPSA) is 129 Å². The molecule has 3 heterocycles. The Balaban J connectivity index is 1.99. The lowest BCUT2D eigenvalue weighted by Crippen LogP contribution is -2.50. The largest absolute Gasteiger partial charge is 0.394 e. The summed E-state index contributed by atoms with van der Waals surface area (Å²) in [7, 11) is 1.79. The second kappa shape index (κ2) is 4.75. The van der Waals surface area contributed by atoms with Crippen molar-refractivity contribution >= 4 is 12.2 Å². The maximum Gasteiger partial charge on any atom is 0.165 e. The zero-order chi connectivity index (χ0) is 15.4. The molecular weight excluding hydrogens is 278 g/mol. The van der Waals surface area contributed by atoms with Crippen molar-refractivity contribution in [2.24, 2.45) is 10.7 Å². The normalized spacial score (nSPS) is 38.9. The first-order valence-corrected chi connectivity index (χ1v) is 6.63. The van der Waals surface area contributed by atoms with Crippen LogP contribution >= 0.6 is 0 Å². The Labute approximate surface area is 121 Å². The van der Waals surface area contributed by atoms with Crippen LogP contribution in [0.3, 0.4) is 0 Å². The van der Waals surface area contributed by atoms with Crippen molar-refractivity contribution in [2.75, 3.05) is 13.7 Å². The molecule has 0 aliphatic carbocycles. The van der Waals surface area contributed by atoms with E-state index in [-0.39, 0.29) is 6.61 Å². The molecule has 116 valence electrons. The van der Waals surface area contributed by atoms with Gasteiger partial charge in [0.25, 0.3) is 0 Å². The number of aliphatic hydroxyl groups excluding tert-OH is 3. The molecule has 5 atom stereocenters. The molecule has 0 radical (unpaired) electrons. The summed E-state index contributed by atoms with van der Waals surface area (Å²) in [4.78, 5) is 10.3. The smallest absolute Gasteiger partial charge is 0.165 e. The Morgan fingerprint density at radius 3 is 2.76 bits per heavy atom. The van der Waals surface area contributed by atoms with Gasteiger partial charge in [-0.25, -0.2) is 9.98 Å². The molecule has 9 heteroatoms. The van der Waals surface area contributed by atoms with E-state index in [1.54, 1.807) is 25.2 Å². The third-order valence-electron chi connectivity index (χ3n) is 4.12. The summed E-state index contributed by atoms with van der Waals surface area (Å²) < 4.78 is 7.01. The summed E-state index contributed by atoms with van der Waals surface area (Å²) in [5.74, 6) is 0.466. The standard InChI is InChI=1S/C12H19N5O4/c1-12(13)9-10(15-4-16(12)2)17(5-14-9)11-8(20)7(19)6(3-18)21-11/h4-8,11,18-20H,3,13H2,1-2H3/t6-,7-,8-,11-,12?/m1/s1.